The molecule has 4 aromatic rings. The first-order valence-corrected chi connectivity index (χ1v) is 7.98. The van der Waals surface area contributed by atoms with E-state index in [1.807, 2.05) is 18.2 Å². The summed E-state index contributed by atoms with van der Waals surface area (Å²) < 4.78 is 0. The van der Waals surface area contributed by atoms with Crippen molar-refractivity contribution in [1.29, 1.82) is 0 Å². The van der Waals surface area contributed by atoms with Crippen LogP contribution in [-0.2, 0) is 6.42 Å². The minimum atomic E-state index is 0.916. The predicted octanol–water partition coefficient (Wildman–Crippen LogP) is 5.46. The van der Waals surface area contributed by atoms with E-state index in [9.17, 15) is 0 Å². The molecule has 0 atom stereocenters. The Balaban J connectivity index is 1.66. The number of fused-ring (bicyclic) bond motifs is 1. The number of aromatic nitrogens is 2. The zero-order chi connectivity index (χ0) is 15.6. The van der Waals surface area contributed by atoms with Crippen LogP contribution in [0.5, 0.6) is 0 Å². The fourth-order valence-corrected chi connectivity index (χ4v) is 2.84. The van der Waals surface area contributed by atoms with E-state index in [0.29, 0.717) is 0 Å². The Morgan fingerprint density at radius 1 is 0.739 bits per heavy atom. The van der Waals surface area contributed by atoms with Gasteiger partial charge in [0.15, 0.2) is 0 Å². The van der Waals surface area contributed by atoms with Gasteiger partial charge in [-0.05, 0) is 35.2 Å². The van der Waals surface area contributed by atoms with E-state index in [0.717, 1.165) is 28.8 Å². The number of nitrogens with zero attached hydrogens (tertiary/aromatic N) is 1. The summed E-state index contributed by atoms with van der Waals surface area (Å²) in [7, 11) is 0. The number of aryl methyl sites for hydroxylation is 1. The topological polar surface area (TPSA) is 28.7 Å². The van der Waals surface area contributed by atoms with Crippen LogP contribution < -0.4 is 0 Å². The van der Waals surface area contributed by atoms with E-state index >= 15 is 0 Å². The van der Waals surface area contributed by atoms with Gasteiger partial charge in [0.1, 0.15) is 5.82 Å². The van der Waals surface area contributed by atoms with E-state index in [-0.39, 0.29) is 0 Å². The second-order valence-electron chi connectivity index (χ2n) is 5.73. The molecule has 23 heavy (non-hydrogen) atoms. The van der Waals surface area contributed by atoms with Crippen molar-refractivity contribution in [3.05, 3.63) is 78.4 Å². The fourth-order valence-electron chi connectivity index (χ4n) is 2.84. The highest BCUT2D eigenvalue weighted by atomic mass is 14.9. The smallest absolute Gasteiger partial charge is 0.138 e. The van der Waals surface area contributed by atoms with Gasteiger partial charge in [0.2, 0.25) is 0 Å². The zero-order valence-electron chi connectivity index (χ0n) is 13.1. The standard InChI is InChI=1S/C21H18N2/c1-2-15-7-9-16(10-8-15)17-11-13-18(14-12-17)21-22-19-5-3-4-6-20(19)23-21/h3-14H,2H2,1H3,(H,22,23). The van der Waals surface area contributed by atoms with Gasteiger partial charge < -0.3 is 4.98 Å². The van der Waals surface area contributed by atoms with Gasteiger partial charge in [-0.1, -0.05) is 67.6 Å². The van der Waals surface area contributed by atoms with Crippen LogP contribution in [0.2, 0.25) is 0 Å². The van der Waals surface area contributed by atoms with E-state index in [1.54, 1.807) is 0 Å². The number of rotatable bonds is 3. The third kappa shape index (κ3) is 2.64. The van der Waals surface area contributed by atoms with Gasteiger partial charge in [0, 0.05) is 5.56 Å². The molecule has 1 heterocycles. The average Bonchev–Trinajstić information content (AvgIpc) is 3.06. The molecule has 112 valence electrons. The SMILES string of the molecule is CCc1ccc(-c2ccc(-c3nc4ccccc4[nH]3)cc2)cc1. The van der Waals surface area contributed by atoms with E-state index in [2.05, 4.69) is 71.5 Å². The summed E-state index contributed by atoms with van der Waals surface area (Å²) in [6, 6.07) is 25.4. The van der Waals surface area contributed by atoms with Gasteiger partial charge >= 0.3 is 0 Å². The van der Waals surface area contributed by atoms with Crippen molar-refractivity contribution < 1.29 is 0 Å². The maximum atomic E-state index is 4.65. The van der Waals surface area contributed by atoms with Crippen molar-refractivity contribution in [2.24, 2.45) is 0 Å². The molecule has 0 fully saturated rings. The molecular weight excluding hydrogens is 280 g/mol. The maximum absolute atomic E-state index is 4.65. The lowest BCUT2D eigenvalue weighted by molar-refractivity contribution is 1.14. The highest BCUT2D eigenvalue weighted by Gasteiger charge is 2.05. The number of benzene rings is 3. The molecule has 0 amide bonds. The summed E-state index contributed by atoms with van der Waals surface area (Å²) in [6.07, 6.45) is 1.07. The summed E-state index contributed by atoms with van der Waals surface area (Å²) in [5, 5.41) is 0. The summed E-state index contributed by atoms with van der Waals surface area (Å²) in [5.41, 5.74) is 7.03. The van der Waals surface area contributed by atoms with Crippen LogP contribution in [0, 0.1) is 0 Å². The first-order chi connectivity index (χ1) is 11.3. The van der Waals surface area contributed by atoms with E-state index in [1.165, 1.54) is 16.7 Å². The Kier molecular flexibility index (Phi) is 3.43. The normalized spacial score (nSPS) is 11.0. The highest BCUT2D eigenvalue weighted by molar-refractivity contribution is 5.79. The van der Waals surface area contributed by atoms with Gasteiger partial charge in [-0.3, -0.25) is 0 Å². The zero-order valence-corrected chi connectivity index (χ0v) is 13.1. The van der Waals surface area contributed by atoms with Crippen LogP contribution in [0.4, 0.5) is 0 Å². The highest BCUT2D eigenvalue weighted by Crippen LogP contribution is 2.25. The molecule has 0 saturated heterocycles. The molecule has 0 saturated carbocycles. The van der Waals surface area contributed by atoms with Crippen LogP contribution in [0.25, 0.3) is 33.5 Å². The number of aromatic amines is 1. The lowest BCUT2D eigenvalue weighted by Gasteiger charge is -2.04. The van der Waals surface area contributed by atoms with Crippen molar-refractivity contribution in [2.45, 2.75) is 13.3 Å². The van der Waals surface area contributed by atoms with E-state index in [4.69, 9.17) is 0 Å². The van der Waals surface area contributed by atoms with Crippen molar-refractivity contribution in [3.8, 4) is 22.5 Å². The molecule has 3 aromatic carbocycles. The average molecular weight is 298 g/mol. The molecule has 0 unspecified atom stereocenters. The van der Waals surface area contributed by atoms with Gasteiger partial charge in [-0.15, -0.1) is 0 Å². The van der Waals surface area contributed by atoms with Crippen LogP contribution in [-0.4, -0.2) is 9.97 Å². The van der Waals surface area contributed by atoms with Crippen molar-refractivity contribution in [2.75, 3.05) is 0 Å². The molecule has 0 bridgehead atoms. The molecule has 2 heteroatoms. The molecule has 0 aliphatic carbocycles. The van der Waals surface area contributed by atoms with Gasteiger partial charge in [0.05, 0.1) is 11.0 Å². The van der Waals surface area contributed by atoms with Crippen molar-refractivity contribution >= 4 is 11.0 Å². The number of imidazole rings is 1. The third-order valence-corrected chi connectivity index (χ3v) is 4.24. The molecule has 0 aliphatic heterocycles. The summed E-state index contributed by atoms with van der Waals surface area (Å²) in [6.45, 7) is 2.18. The lowest BCUT2D eigenvalue weighted by atomic mass is 10.0. The predicted molar refractivity (Wildman–Crippen MR) is 96.3 cm³/mol. The fraction of sp³-hybridized carbons (Fsp3) is 0.0952. The number of hydrogen-bond acceptors (Lipinski definition) is 1. The van der Waals surface area contributed by atoms with Crippen molar-refractivity contribution in [1.82, 2.24) is 9.97 Å². The quantitative estimate of drug-likeness (QED) is 0.534. The second-order valence-corrected chi connectivity index (χ2v) is 5.73. The Morgan fingerprint density at radius 3 is 2.00 bits per heavy atom. The van der Waals surface area contributed by atoms with Crippen LogP contribution >= 0.6 is 0 Å². The maximum Gasteiger partial charge on any atom is 0.138 e. The van der Waals surface area contributed by atoms with E-state index < -0.39 is 0 Å². The Labute approximate surface area is 135 Å². The molecular formula is C21H18N2. The molecule has 1 aromatic heterocycles. The Hall–Kier alpha value is -2.87. The molecule has 1 N–H and O–H groups in total. The number of H-pyrrole nitrogens is 1. The molecule has 0 spiro atoms. The summed E-state index contributed by atoms with van der Waals surface area (Å²) >= 11 is 0. The lowest BCUT2D eigenvalue weighted by Crippen LogP contribution is -1.83. The first-order valence-electron chi connectivity index (χ1n) is 7.98. The minimum absolute atomic E-state index is 0.916. The monoisotopic (exact) mass is 298 g/mol. The van der Waals surface area contributed by atoms with Gasteiger partial charge in [-0.25, -0.2) is 4.98 Å². The van der Waals surface area contributed by atoms with Crippen LogP contribution in [0.15, 0.2) is 72.8 Å². The number of para-hydroxylation sites is 2. The van der Waals surface area contributed by atoms with Crippen LogP contribution in [0.1, 0.15) is 12.5 Å². The third-order valence-electron chi connectivity index (χ3n) is 4.24. The molecule has 4 rings (SSSR count). The molecule has 0 aliphatic rings. The van der Waals surface area contributed by atoms with Crippen molar-refractivity contribution in [3.63, 3.8) is 0 Å². The molecule has 2 nitrogen and oxygen atoms in total. The molecule has 0 radical (unpaired) electrons. The van der Waals surface area contributed by atoms with Gasteiger partial charge in [-0.2, -0.15) is 0 Å². The summed E-state index contributed by atoms with van der Waals surface area (Å²) in [4.78, 5) is 8.03. The number of nitrogens with one attached hydrogen (secondary N) is 1. The first kappa shape index (κ1) is 13.8. The Bertz CT molecular complexity index is 899. The minimum Gasteiger partial charge on any atom is -0.338 e. The van der Waals surface area contributed by atoms with Gasteiger partial charge in [0.25, 0.3) is 0 Å². The number of hydrogen-bond donors (Lipinski definition) is 1. The largest absolute Gasteiger partial charge is 0.338 e. The summed E-state index contributed by atoms with van der Waals surface area (Å²) in [5.74, 6) is 0.916. The van der Waals surface area contributed by atoms with Crippen LogP contribution in [0.3, 0.4) is 0 Å². The second kappa shape index (κ2) is 5.73. The Morgan fingerprint density at radius 2 is 1.35 bits per heavy atom.